The molecule has 3 aromatic carbocycles. The SMILES string of the molecule is CCN(C1=C(c2ccccc2OC)C(=O)N(Cc2ccccc2OC)C1=O)c1ccccc1. The van der Waals surface area contributed by atoms with Gasteiger partial charge in [0.05, 0.1) is 26.3 Å². The number of carbonyl (C=O) groups excluding carboxylic acids is 2. The molecule has 1 aliphatic rings. The molecular weight excluding hydrogens is 416 g/mol. The van der Waals surface area contributed by atoms with Gasteiger partial charge in [0, 0.05) is 23.4 Å². The van der Waals surface area contributed by atoms with Gasteiger partial charge in [-0.1, -0.05) is 54.6 Å². The van der Waals surface area contributed by atoms with E-state index in [1.807, 2.05) is 84.6 Å². The molecule has 0 unspecified atom stereocenters. The molecular formula is C27H26N2O4. The van der Waals surface area contributed by atoms with Gasteiger partial charge in [0.15, 0.2) is 0 Å². The van der Waals surface area contributed by atoms with Crippen LogP contribution < -0.4 is 14.4 Å². The smallest absolute Gasteiger partial charge is 0.278 e. The highest BCUT2D eigenvalue weighted by molar-refractivity contribution is 6.37. The van der Waals surface area contributed by atoms with Crippen LogP contribution in [0.15, 0.2) is 84.6 Å². The first-order chi connectivity index (χ1) is 16.1. The molecule has 0 saturated carbocycles. The van der Waals surface area contributed by atoms with E-state index in [1.165, 1.54) is 4.90 Å². The zero-order chi connectivity index (χ0) is 23.4. The summed E-state index contributed by atoms with van der Waals surface area (Å²) in [5, 5.41) is 0. The fourth-order valence-electron chi connectivity index (χ4n) is 4.13. The number of para-hydroxylation sites is 3. The van der Waals surface area contributed by atoms with Gasteiger partial charge in [-0.15, -0.1) is 0 Å². The van der Waals surface area contributed by atoms with Gasteiger partial charge in [0.25, 0.3) is 11.8 Å². The summed E-state index contributed by atoms with van der Waals surface area (Å²) >= 11 is 0. The molecule has 6 nitrogen and oxygen atoms in total. The van der Waals surface area contributed by atoms with Gasteiger partial charge in [-0.3, -0.25) is 14.5 Å². The molecule has 0 N–H and O–H groups in total. The van der Waals surface area contributed by atoms with Crippen molar-refractivity contribution in [2.24, 2.45) is 0 Å². The number of likely N-dealkylation sites (N-methyl/N-ethyl adjacent to an activating group) is 1. The van der Waals surface area contributed by atoms with E-state index in [-0.39, 0.29) is 18.4 Å². The number of nitrogens with zero attached hydrogens (tertiary/aromatic N) is 2. The number of benzene rings is 3. The Balaban J connectivity index is 1.86. The van der Waals surface area contributed by atoms with Gasteiger partial charge in [0.2, 0.25) is 0 Å². The zero-order valence-corrected chi connectivity index (χ0v) is 18.9. The summed E-state index contributed by atoms with van der Waals surface area (Å²) < 4.78 is 11.0. The molecule has 168 valence electrons. The lowest BCUT2D eigenvalue weighted by Crippen LogP contribution is -2.35. The van der Waals surface area contributed by atoms with Crippen molar-refractivity contribution in [2.75, 3.05) is 25.7 Å². The molecule has 4 rings (SSSR count). The lowest BCUT2D eigenvalue weighted by atomic mass is 10.0. The van der Waals surface area contributed by atoms with Gasteiger partial charge < -0.3 is 14.4 Å². The van der Waals surface area contributed by atoms with Crippen molar-refractivity contribution >= 4 is 23.1 Å². The number of imide groups is 1. The summed E-state index contributed by atoms with van der Waals surface area (Å²) in [6, 6.07) is 24.3. The number of hydrogen-bond acceptors (Lipinski definition) is 5. The Labute approximate surface area is 193 Å². The molecule has 0 bridgehead atoms. The maximum atomic E-state index is 13.8. The Morgan fingerprint density at radius 2 is 1.36 bits per heavy atom. The van der Waals surface area contributed by atoms with E-state index in [0.717, 1.165) is 11.3 Å². The normalized spacial score (nSPS) is 13.5. The molecule has 33 heavy (non-hydrogen) atoms. The van der Waals surface area contributed by atoms with E-state index in [2.05, 4.69) is 0 Å². The van der Waals surface area contributed by atoms with Crippen LogP contribution in [0.5, 0.6) is 11.5 Å². The number of hydrogen-bond donors (Lipinski definition) is 0. The third-order valence-corrected chi connectivity index (χ3v) is 5.69. The summed E-state index contributed by atoms with van der Waals surface area (Å²) in [5.74, 6) is 0.451. The van der Waals surface area contributed by atoms with Gasteiger partial charge in [-0.25, -0.2) is 0 Å². The fraction of sp³-hybridized carbons (Fsp3) is 0.185. The highest BCUT2D eigenvalue weighted by Crippen LogP contribution is 2.38. The molecule has 0 radical (unpaired) electrons. The number of rotatable bonds is 8. The maximum absolute atomic E-state index is 13.8. The number of carbonyl (C=O) groups is 2. The standard InChI is InChI=1S/C27H26N2O4/c1-4-28(20-13-6-5-7-14-20)25-24(21-15-9-11-17-23(21)33-3)26(30)29(27(25)31)18-19-12-8-10-16-22(19)32-2/h5-17H,4,18H2,1-3H3. The second-order valence-electron chi connectivity index (χ2n) is 7.51. The number of anilines is 1. The maximum Gasteiger partial charge on any atom is 0.278 e. The van der Waals surface area contributed by atoms with Crippen molar-refractivity contribution in [2.45, 2.75) is 13.5 Å². The van der Waals surface area contributed by atoms with E-state index < -0.39 is 0 Å². The van der Waals surface area contributed by atoms with Crippen molar-refractivity contribution in [3.8, 4) is 11.5 Å². The summed E-state index contributed by atoms with van der Waals surface area (Å²) in [7, 11) is 3.13. The Bertz CT molecular complexity index is 1200. The molecule has 0 aliphatic carbocycles. The van der Waals surface area contributed by atoms with E-state index in [9.17, 15) is 9.59 Å². The van der Waals surface area contributed by atoms with E-state index >= 15 is 0 Å². The molecule has 0 saturated heterocycles. The van der Waals surface area contributed by atoms with Crippen LogP contribution in [0.4, 0.5) is 5.69 Å². The second-order valence-corrected chi connectivity index (χ2v) is 7.51. The lowest BCUT2D eigenvalue weighted by molar-refractivity contribution is -0.137. The topological polar surface area (TPSA) is 59.1 Å². The quantitative estimate of drug-likeness (QED) is 0.481. The average molecular weight is 443 g/mol. The summed E-state index contributed by atoms with van der Waals surface area (Å²) in [5.41, 5.74) is 2.85. The largest absolute Gasteiger partial charge is 0.496 e. The number of methoxy groups -OCH3 is 2. The molecule has 0 fully saturated rings. The van der Waals surface area contributed by atoms with Crippen LogP contribution in [-0.2, 0) is 16.1 Å². The molecule has 1 aliphatic heterocycles. The summed E-state index contributed by atoms with van der Waals surface area (Å²) in [4.78, 5) is 30.7. The molecule has 2 amide bonds. The van der Waals surface area contributed by atoms with Crippen molar-refractivity contribution in [3.63, 3.8) is 0 Å². The molecule has 6 heteroatoms. The van der Waals surface area contributed by atoms with Crippen LogP contribution >= 0.6 is 0 Å². The first-order valence-corrected chi connectivity index (χ1v) is 10.8. The van der Waals surface area contributed by atoms with E-state index in [0.29, 0.717) is 34.9 Å². The van der Waals surface area contributed by atoms with Crippen LogP contribution in [0.25, 0.3) is 5.57 Å². The highest BCUT2D eigenvalue weighted by atomic mass is 16.5. The Morgan fingerprint density at radius 3 is 2.03 bits per heavy atom. The Hall–Kier alpha value is -4.06. The summed E-state index contributed by atoms with van der Waals surface area (Å²) in [6.45, 7) is 2.58. The van der Waals surface area contributed by atoms with E-state index in [1.54, 1.807) is 20.3 Å². The second kappa shape index (κ2) is 9.61. The fourth-order valence-corrected chi connectivity index (χ4v) is 4.13. The van der Waals surface area contributed by atoms with Gasteiger partial charge in [-0.2, -0.15) is 0 Å². The molecule has 0 spiro atoms. The Morgan fingerprint density at radius 1 is 0.758 bits per heavy atom. The van der Waals surface area contributed by atoms with Crippen LogP contribution in [0.3, 0.4) is 0 Å². The predicted molar refractivity (Wildman–Crippen MR) is 128 cm³/mol. The van der Waals surface area contributed by atoms with Crippen LogP contribution in [0, 0.1) is 0 Å². The summed E-state index contributed by atoms with van der Waals surface area (Å²) in [6.07, 6.45) is 0. The zero-order valence-electron chi connectivity index (χ0n) is 18.9. The molecule has 0 aromatic heterocycles. The van der Waals surface area contributed by atoms with Crippen molar-refractivity contribution in [1.82, 2.24) is 4.90 Å². The van der Waals surface area contributed by atoms with Crippen LogP contribution in [0.1, 0.15) is 18.1 Å². The minimum atomic E-state index is -0.361. The van der Waals surface area contributed by atoms with Crippen molar-refractivity contribution < 1.29 is 19.1 Å². The molecule has 0 atom stereocenters. The number of ether oxygens (including phenoxy) is 2. The monoisotopic (exact) mass is 442 g/mol. The third-order valence-electron chi connectivity index (χ3n) is 5.69. The molecule has 3 aromatic rings. The number of amides is 2. The first-order valence-electron chi connectivity index (χ1n) is 10.8. The highest BCUT2D eigenvalue weighted by Gasteiger charge is 2.42. The van der Waals surface area contributed by atoms with Crippen LogP contribution in [-0.4, -0.2) is 37.5 Å². The van der Waals surface area contributed by atoms with Gasteiger partial charge >= 0.3 is 0 Å². The predicted octanol–water partition coefficient (Wildman–Crippen LogP) is 4.51. The first kappa shape index (κ1) is 22.1. The van der Waals surface area contributed by atoms with Crippen molar-refractivity contribution in [1.29, 1.82) is 0 Å². The van der Waals surface area contributed by atoms with E-state index in [4.69, 9.17) is 9.47 Å². The average Bonchev–Trinajstić information content (AvgIpc) is 3.10. The third kappa shape index (κ3) is 4.07. The van der Waals surface area contributed by atoms with Gasteiger partial charge in [0.1, 0.15) is 17.2 Å². The minimum Gasteiger partial charge on any atom is -0.496 e. The van der Waals surface area contributed by atoms with Crippen LogP contribution in [0.2, 0.25) is 0 Å². The van der Waals surface area contributed by atoms with Gasteiger partial charge in [-0.05, 0) is 31.2 Å². The molecule has 1 heterocycles. The van der Waals surface area contributed by atoms with Crippen molar-refractivity contribution in [3.05, 3.63) is 95.7 Å². The lowest BCUT2D eigenvalue weighted by Gasteiger charge is -2.25. The Kier molecular flexibility index (Phi) is 6.45. The minimum absolute atomic E-state index is 0.107.